The number of sulfonamides is 1. The van der Waals surface area contributed by atoms with Crippen LogP contribution in [-0.2, 0) is 26.0 Å². The third-order valence-electron chi connectivity index (χ3n) is 6.86. The Morgan fingerprint density at radius 2 is 1.82 bits per heavy atom. The number of morpholine rings is 1. The van der Waals surface area contributed by atoms with Gasteiger partial charge < -0.3 is 24.7 Å². The van der Waals surface area contributed by atoms with Gasteiger partial charge in [0.25, 0.3) is 0 Å². The summed E-state index contributed by atoms with van der Waals surface area (Å²) in [5.74, 6) is -0.00651. The Hall–Kier alpha value is -3.86. The molecule has 0 radical (unpaired) electrons. The Kier molecular flexibility index (Phi) is 7.87. The minimum atomic E-state index is -3.98. The summed E-state index contributed by atoms with van der Waals surface area (Å²) in [7, 11) is -2.44. The highest BCUT2D eigenvalue weighted by molar-refractivity contribution is 7.89. The largest absolute Gasteiger partial charge is 0.494 e. The van der Waals surface area contributed by atoms with Crippen LogP contribution in [0.5, 0.6) is 5.75 Å². The zero-order chi connectivity index (χ0) is 27.4. The lowest BCUT2D eigenvalue weighted by molar-refractivity contribution is -0.117. The first-order valence-electron chi connectivity index (χ1n) is 12.8. The molecule has 39 heavy (non-hydrogen) atoms. The summed E-state index contributed by atoms with van der Waals surface area (Å²) in [6.45, 7) is 4.72. The van der Waals surface area contributed by atoms with Crippen molar-refractivity contribution < 1.29 is 22.7 Å². The van der Waals surface area contributed by atoms with E-state index < -0.39 is 22.0 Å². The molecule has 1 aliphatic rings. The first-order chi connectivity index (χ1) is 18.8. The van der Waals surface area contributed by atoms with Crippen LogP contribution in [0.15, 0.2) is 77.8 Å². The standard InChI is InChI=1S/C29H32N4O5S/c1-20-7-10-23(11-8-20)39(35,36)32-27(17-21-19-30-25-6-4-3-5-24(21)25)29(34)31-26-12-9-22(18-28(26)37-2)33-13-15-38-16-14-33/h3-12,18-19,27,30,32H,13-17H2,1-2H3,(H,31,34)/t27-/m0/s1. The number of H-pyrrole nitrogens is 1. The Morgan fingerprint density at radius 1 is 1.08 bits per heavy atom. The normalized spacial score (nSPS) is 14.8. The molecular weight excluding hydrogens is 516 g/mol. The van der Waals surface area contributed by atoms with Gasteiger partial charge in [-0.25, -0.2) is 8.42 Å². The van der Waals surface area contributed by atoms with Gasteiger partial charge in [-0.15, -0.1) is 0 Å². The van der Waals surface area contributed by atoms with Gasteiger partial charge >= 0.3 is 0 Å². The van der Waals surface area contributed by atoms with E-state index in [0.717, 1.165) is 40.8 Å². The van der Waals surface area contributed by atoms with Gasteiger partial charge in [0.2, 0.25) is 15.9 Å². The van der Waals surface area contributed by atoms with Crippen molar-refractivity contribution in [2.24, 2.45) is 0 Å². The lowest BCUT2D eigenvalue weighted by atomic mass is 10.0. The van der Waals surface area contributed by atoms with Crippen LogP contribution in [-0.4, -0.2) is 58.8 Å². The maximum absolute atomic E-state index is 13.7. The van der Waals surface area contributed by atoms with Crippen molar-refractivity contribution >= 4 is 38.2 Å². The molecule has 1 saturated heterocycles. The number of rotatable bonds is 9. The van der Waals surface area contributed by atoms with Crippen molar-refractivity contribution in [3.05, 3.63) is 84.1 Å². The van der Waals surface area contributed by atoms with Gasteiger partial charge in [-0.05, 0) is 49.2 Å². The number of para-hydroxylation sites is 1. The first-order valence-corrected chi connectivity index (χ1v) is 14.3. The Labute approximate surface area is 228 Å². The summed E-state index contributed by atoms with van der Waals surface area (Å²) in [5, 5.41) is 3.82. The van der Waals surface area contributed by atoms with Crippen LogP contribution in [0.25, 0.3) is 10.9 Å². The minimum Gasteiger partial charge on any atom is -0.494 e. The molecule has 0 unspecified atom stereocenters. The number of aryl methyl sites for hydroxylation is 1. The molecule has 0 bridgehead atoms. The number of nitrogens with zero attached hydrogens (tertiary/aromatic N) is 1. The summed E-state index contributed by atoms with van der Waals surface area (Å²) in [5.41, 5.74) is 4.09. The molecular formula is C29H32N4O5S. The predicted molar refractivity (Wildman–Crippen MR) is 152 cm³/mol. The van der Waals surface area contributed by atoms with Crippen LogP contribution in [0.2, 0.25) is 0 Å². The summed E-state index contributed by atoms with van der Waals surface area (Å²) >= 11 is 0. The quantitative estimate of drug-likeness (QED) is 0.293. The smallest absolute Gasteiger partial charge is 0.243 e. The summed E-state index contributed by atoms with van der Waals surface area (Å²) < 4.78 is 40.3. The average Bonchev–Trinajstić information content (AvgIpc) is 3.36. The number of hydrogen-bond donors (Lipinski definition) is 3. The SMILES string of the molecule is COc1cc(N2CCOCC2)ccc1NC(=O)[C@H](Cc1c[nH]c2ccccc12)NS(=O)(=O)c1ccc(C)cc1. The van der Waals surface area contributed by atoms with Crippen molar-refractivity contribution in [1.29, 1.82) is 0 Å². The summed E-state index contributed by atoms with van der Waals surface area (Å²) in [6.07, 6.45) is 1.96. The number of anilines is 2. The first kappa shape index (κ1) is 26.7. The lowest BCUT2D eigenvalue weighted by Gasteiger charge is -2.29. The fraction of sp³-hybridized carbons (Fsp3) is 0.276. The van der Waals surface area contributed by atoms with E-state index in [2.05, 4.69) is 19.9 Å². The fourth-order valence-corrected chi connectivity index (χ4v) is 5.90. The van der Waals surface area contributed by atoms with Gasteiger partial charge in [0.15, 0.2) is 0 Å². The Bertz CT molecular complexity index is 1560. The molecule has 2 heterocycles. The van der Waals surface area contributed by atoms with Crippen molar-refractivity contribution in [2.45, 2.75) is 24.3 Å². The van der Waals surface area contributed by atoms with Gasteiger partial charge in [-0.2, -0.15) is 4.72 Å². The monoisotopic (exact) mass is 548 g/mol. The zero-order valence-electron chi connectivity index (χ0n) is 21.9. The van der Waals surface area contributed by atoms with Crippen molar-refractivity contribution in [2.75, 3.05) is 43.6 Å². The third-order valence-corrected chi connectivity index (χ3v) is 8.35. The zero-order valence-corrected chi connectivity index (χ0v) is 22.8. The number of aromatic nitrogens is 1. The number of aromatic amines is 1. The number of benzene rings is 3. The number of nitrogens with one attached hydrogen (secondary N) is 3. The molecule has 3 N–H and O–H groups in total. The second kappa shape index (κ2) is 11.5. The van der Waals surface area contributed by atoms with Crippen molar-refractivity contribution in [1.82, 2.24) is 9.71 Å². The molecule has 3 aromatic carbocycles. The van der Waals surface area contributed by atoms with Crippen LogP contribution >= 0.6 is 0 Å². The fourth-order valence-electron chi connectivity index (χ4n) is 4.70. The molecule has 0 saturated carbocycles. The van der Waals surface area contributed by atoms with E-state index in [9.17, 15) is 13.2 Å². The van der Waals surface area contributed by atoms with Gasteiger partial charge in [-0.3, -0.25) is 4.79 Å². The molecule has 4 aromatic rings. The predicted octanol–water partition coefficient (Wildman–Crippen LogP) is 3.85. The maximum Gasteiger partial charge on any atom is 0.243 e. The number of carbonyl (C=O) groups excluding carboxylic acids is 1. The lowest BCUT2D eigenvalue weighted by Crippen LogP contribution is -2.45. The number of amides is 1. The van der Waals surface area contributed by atoms with E-state index >= 15 is 0 Å². The molecule has 204 valence electrons. The molecule has 0 spiro atoms. The van der Waals surface area contributed by atoms with Crippen LogP contribution in [0, 0.1) is 6.92 Å². The van der Waals surface area contributed by atoms with E-state index in [4.69, 9.17) is 9.47 Å². The van der Waals surface area contributed by atoms with Gasteiger partial charge in [-0.1, -0.05) is 35.9 Å². The molecule has 10 heteroatoms. The number of methoxy groups -OCH3 is 1. The van der Waals surface area contributed by atoms with Gasteiger partial charge in [0.05, 0.1) is 30.9 Å². The molecule has 1 atom stereocenters. The second-order valence-electron chi connectivity index (χ2n) is 9.52. The van der Waals surface area contributed by atoms with E-state index in [-0.39, 0.29) is 11.3 Å². The number of hydrogen-bond acceptors (Lipinski definition) is 6. The molecule has 1 aliphatic heterocycles. The van der Waals surface area contributed by atoms with Crippen LogP contribution in [0.3, 0.4) is 0 Å². The maximum atomic E-state index is 13.7. The average molecular weight is 549 g/mol. The Morgan fingerprint density at radius 3 is 2.56 bits per heavy atom. The second-order valence-corrected chi connectivity index (χ2v) is 11.2. The van der Waals surface area contributed by atoms with Crippen LogP contribution in [0.1, 0.15) is 11.1 Å². The molecule has 1 amide bonds. The Balaban J connectivity index is 1.43. The van der Waals surface area contributed by atoms with Crippen molar-refractivity contribution in [3.8, 4) is 5.75 Å². The number of carbonyl (C=O) groups is 1. The molecule has 1 fully saturated rings. The van der Waals surface area contributed by atoms with Crippen LogP contribution < -0.4 is 19.7 Å². The minimum absolute atomic E-state index is 0.0947. The van der Waals surface area contributed by atoms with E-state index in [0.29, 0.717) is 24.7 Å². The highest BCUT2D eigenvalue weighted by Gasteiger charge is 2.28. The molecule has 0 aliphatic carbocycles. The van der Waals surface area contributed by atoms with E-state index in [1.165, 1.54) is 19.2 Å². The molecule has 5 rings (SSSR count). The summed E-state index contributed by atoms with van der Waals surface area (Å²) in [6, 6.07) is 18.7. The highest BCUT2D eigenvalue weighted by atomic mass is 32.2. The van der Waals surface area contributed by atoms with E-state index in [1.807, 2.05) is 49.5 Å². The van der Waals surface area contributed by atoms with Crippen LogP contribution in [0.4, 0.5) is 11.4 Å². The van der Waals surface area contributed by atoms with E-state index in [1.54, 1.807) is 18.2 Å². The molecule has 1 aromatic heterocycles. The summed E-state index contributed by atoms with van der Waals surface area (Å²) in [4.78, 5) is 19.1. The topological polar surface area (TPSA) is 113 Å². The van der Waals surface area contributed by atoms with Gasteiger partial charge in [0, 0.05) is 41.9 Å². The highest BCUT2D eigenvalue weighted by Crippen LogP contribution is 2.31. The van der Waals surface area contributed by atoms with Gasteiger partial charge in [0.1, 0.15) is 11.8 Å². The molecule has 9 nitrogen and oxygen atoms in total. The number of fused-ring (bicyclic) bond motifs is 1. The number of ether oxygens (including phenoxy) is 2. The third kappa shape index (κ3) is 6.08. The van der Waals surface area contributed by atoms with Crippen molar-refractivity contribution in [3.63, 3.8) is 0 Å².